The van der Waals surface area contributed by atoms with E-state index in [0.717, 1.165) is 35.4 Å². The van der Waals surface area contributed by atoms with Crippen LogP contribution in [0.15, 0.2) is 5.38 Å². The predicted molar refractivity (Wildman–Crippen MR) is 75.8 cm³/mol. The van der Waals surface area contributed by atoms with E-state index < -0.39 is 0 Å². The average Bonchev–Trinajstić information content (AvgIpc) is 2.75. The van der Waals surface area contributed by atoms with Gasteiger partial charge in [-0.2, -0.15) is 0 Å². The first-order valence-corrected chi connectivity index (χ1v) is 7.88. The van der Waals surface area contributed by atoms with Crippen molar-refractivity contribution < 1.29 is 4.79 Å². The molecular formula is C15H23NOS. The highest BCUT2D eigenvalue weighted by Gasteiger charge is 2.27. The second kappa shape index (κ2) is 5.96. The van der Waals surface area contributed by atoms with Crippen LogP contribution in [0.1, 0.15) is 50.2 Å². The second-order valence-electron chi connectivity index (χ2n) is 5.86. The third kappa shape index (κ3) is 3.41. The van der Waals surface area contributed by atoms with Crippen molar-refractivity contribution >= 4 is 17.1 Å². The molecular weight excluding hydrogens is 242 g/mol. The molecule has 1 aromatic heterocycles. The molecule has 1 heterocycles. The molecule has 0 N–H and O–H groups in total. The summed E-state index contributed by atoms with van der Waals surface area (Å²) in [6.45, 7) is 6.59. The van der Waals surface area contributed by atoms with E-state index in [0.29, 0.717) is 18.1 Å². The van der Waals surface area contributed by atoms with Crippen LogP contribution in [0.2, 0.25) is 0 Å². The van der Waals surface area contributed by atoms with Crippen molar-refractivity contribution in [3.05, 3.63) is 16.1 Å². The van der Waals surface area contributed by atoms with Gasteiger partial charge in [0.05, 0.1) is 10.7 Å². The molecule has 1 saturated carbocycles. The molecule has 1 aliphatic carbocycles. The molecule has 1 aromatic rings. The smallest absolute Gasteiger partial charge is 0.141 e. The molecule has 0 radical (unpaired) electrons. The van der Waals surface area contributed by atoms with E-state index in [1.807, 2.05) is 12.3 Å². The third-order valence-electron chi connectivity index (χ3n) is 4.19. The van der Waals surface area contributed by atoms with Crippen LogP contribution in [0, 0.1) is 24.7 Å². The van der Waals surface area contributed by atoms with E-state index in [1.54, 1.807) is 11.3 Å². The van der Waals surface area contributed by atoms with Crippen LogP contribution in [-0.4, -0.2) is 10.8 Å². The zero-order chi connectivity index (χ0) is 13.1. The normalized spacial score (nSPS) is 24.4. The second-order valence-corrected chi connectivity index (χ2v) is 6.92. The average molecular weight is 265 g/mol. The molecule has 1 aliphatic rings. The van der Waals surface area contributed by atoms with E-state index in [-0.39, 0.29) is 0 Å². The van der Waals surface area contributed by atoms with Gasteiger partial charge in [-0.1, -0.05) is 13.8 Å². The van der Waals surface area contributed by atoms with Crippen molar-refractivity contribution in [2.45, 2.75) is 52.9 Å². The Kier molecular flexibility index (Phi) is 4.55. The van der Waals surface area contributed by atoms with Gasteiger partial charge in [-0.05, 0) is 44.4 Å². The molecule has 0 atom stereocenters. The van der Waals surface area contributed by atoms with Crippen LogP contribution in [-0.2, 0) is 11.2 Å². The van der Waals surface area contributed by atoms with Crippen molar-refractivity contribution in [1.82, 2.24) is 4.98 Å². The van der Waals surface area contributed by atoms with E-state index in [4.69, 9.17) is 0 Å². The Morgan fingerprint density at radius 2 is 2.06 bits per heavy atom. The SMILES string of the molecule is Cc1nc(CC(=O)C2CCC(C(C)C)CC2)cs1. The van der Waals surface area contributed by atoms with E-state index in [2.05, 4.69) is 18.8 Å². The van der Waals surface area contributed by atoms with Gasteiger partial charge in [-0.25, -0.2) is 4.98 Å². The summed E-state index contributed by atoms with van der Waals surface area (Å²) >= 11 is 1.63. The molecule has 0 unspecified atom stereocenters. The molecule has 0 aliphatic heterocycles. The molecule has 2 nitrogen and oxygen atoms in total. The summed E-state index contributed by atoms with van der Waals surface area (Å²) in [7, 11) is 0. The zero-order valence-corrected chi connectivity index (χ0v) is 12.4. The van der Waals surface area contributed by atoms with Gasteiger partial charge in [0.25, 0.3) is 0 Å². The first-order valence-electron chi connectivity index (χ1n) is 7.00. The van der Waals surface area contributed by atoms with Crippen molar-refractivity contribution in [1.29, 1.82) is 0 Å². The lowest BCUT2D eigenvalue weighted by Gasteiger charge is -2.30. The van der Waals surface area contributed by atoms with Crippen molar-refractivity contribution in [2.24, 2.45) is 17.8 Å². The Labute approximate surface area is 114 Å². The Balaban J connectivity index is 1.84. The number of hydrogen-bond acceptors (Lipinski definition) is 3. The fraction of sp³-hybridized carbons (Fsp3) is 0.733. The van der Waals surface area contributed by atoms with Gasteiger partial charge >= 0.3 is 0 Å². The number of aromatic nitrogens is 1. The monoisotopic (exact) mass is 265 g/mol. The highest BCUT2D eigenvalue weighted by Crippen LogP contribution is 2.34. The number of thiazole rings is 1. The van der Waals surface area contributed by atoms with Gasteiger partial charge in [-0.3, -0.25) is 4.79 Å². The number of rotatable bonds is 4. The van der Waals surface area contributed by atoms with Crippen LogP contribution in [0.3, 0.4) is 0 Å². The molecule has 3 heteroatoms. The number of ketones is 1. The van der Waals surface area contributed by atoms with E-state index >= 15 is 0 Å². The van der Waals surface area contributed by atoms with Crippen LogP contribution in [0.5, 0.6) is 0 Å². The topological polar surface area (TPSA) is 30.0 Å². The first-order chi connectivity index (χ1) is 8.56. The van der Waals surface area contributed by atoms with Gasteiger partial charge in [-0.15, -0.1) is 11.3 Å². The van der Waals surface area contributed by atoms with Gasteiger partial charge in [0.2, 0.25) is 0 Å². The lowest BCUT2D eigenvalue weighted by Crippen LogP contribution is -2.25. The minimum atomic E-state index is 0.294. The number of carbonyl (C=O) groups excluding carboxylic acids is 1. The molecule has 100 valence electrons. The minimum Gasteiger partial charge on any atom is -0.299 e. The summed E-state index contributed by atoms with van der Waals surface area (Å²) in [5.41, 5.74) is 0.966. The number of carbonyl (C=O) groups is 1. The van der Waals surface area contributed by atoms with Crippen LogP contribution < -0.4 is 0 Å². The summed E-state index contributed by atoms with van der Waals surface area (Å²) in [4.78, 5) is 16.6. The predicted octanol–water partition coefficient (Wildman–Crippen LogP) is 4.03. The van der Waals surface area contributed by atoms with Gasteiger partial charge in [0.1, 0.15) is 5.78 Å². The maximum atomic E-state index is 12.2. The molecule has 18 heavy (non-hydrogen) atoms. The van der Waals surface area contributed by atoms with Crippen LogP contribution in [0.25, 0.3) is 0 Å². The molecule has 0 amide bonds. The lowest BCUT2D eigenvalue weighted by molar-refractivity contribution is -0.123. The Morgan fingerprint density at radius 1 is 1.39 bits per heavy atom. The van der Waals surface area contributed by atoms with Gasteiger partial charge in [0.15, 0.2) is 0 Å². The molecule has 1 fully saturated rings. The van der Waals surface area contributed by atoms with Crippen molar-refractivity contribution in [3.8, 4) is 0 Å². The lowest BCUT2D eigenvalue weighted by atomic mass is 9.75. The molecule has 0 bridgehead atoms. The summed E-state index contributed by atoms with van der Waals surface area (Å²) < 4.78 is 0. The fourth-order valence-electron chi connectivity index (χ4n) is 2.92. The highest BCUT2D eigenvalue weighted by molar-refractivity contribution is 7.09. The first kappa shape index (κ1) is 13.7. The summed E-state index contributed by atoms with van der Waals surface area (Å²) in [5, 5.41) is 3.08. The van der Waals surface area contributed by atoms with Gasteiger partial charge in [0, 0.05) is 17.7 Å². The largest absolute Gasteiger partial charge is 0.299 e. The highest BCUT2D eigenvalue weighted by atomic mass is 32.1. The summed E-state index contributed by atoms with van der Waals surface area (Å²) in [5.74, 6) is 2.29. The van der Waals surface area contributed by atoms with Gasteiger partial charge < -0.3 is 0 Å². The summed E-state index contributed by atoms with van der Waals surface area (Å²) in [6, 6.07) is 0. The van der Waals surface area contributed by atoms with E-state index in [1.165, 1.54) is 12.8 Å². The maximum Gasteiger partial charge on any atom is 0.141 e. The maximum absolute atomic E-state index is 12.2. The Bertz CT molecular complexity index is 402. The number of Topliss-reactive ketones (excluding diaryl/α,β-unsaturated/α-hetero) is 1. The fourth-order valence-corrected chi connectivity index (χ4v) is 3.53. The van der Waals surface area contributed by atoms with Crippen LogP contribution in [0.4, 0.5) is 0 Å². The number of hydrogen-bond donors (Lipinski definition) is 0. The molecule has 0 aromatic carbocycles. The standard InChI is InChI=1S/C15H23NOS/c1-10(2)12-4-6-13(7-5-12)15(17)8-14-9-18-11(3)16-14/h9-10,12-13H,4-8H2,1-3H3. The molecule has 2 rings (SSSR count). The number of aryl methyl sites for hydroxylation is 1. The van der Waals surface area contributed by atoms with E-state index in [9.17, 15) is 4.79 Å². The minimum absolute atomic E-state index is 0.294. The summed E-state index contributed by atoms with van der Waals surface area (Å²) in [6.07, 6.45) is 5.17. The third-order valence-corrected chi connectivity index (χ3v) is 5.01. The Hall–Kier alpha value is -0.700. The zero-order valence-electron chi connectivity index (χ0n) is 11.6. The molecule has 0 spiro atoms. The number of nitrogens with zero attached hydrogens (tertiary/aromatic N) is 1. The Morgan fingerprint density at radius 3 is 2.56 bits per heavy atom. The van der Waals surface area contributed by atoms with Crippen LogP contribution >= 0.6 is 11.3 Å². The van der Waals surface area contributed by atoms with Crippen molar-refractivity contribution in [2.75, 3.05) is 0 Å². The van der Waals surface area contributed by atoms with Crippen molar-refractivity contribution in [3.63, 3.8) is 0 Å². The quantitative estimate of drug-likeness (QED) is 0.823. The molecule has 0 saturated heterocycles.